The molecule has 1 N–H and O–H groups in total. The number of carbonyl (C=O) groups excluding carboxylic acids is 1. The lowest BCUT2D eigenvalue weighted by molar-refractivity contribution is -0.385. The topological polar surface area (TPSA) is 93.1 Å². The predicted molar refractivity (Wildman–Crippen MR) is 89.8 cm³/mol. The highest BCUT2D eigenvalue weighted by Gasteiger charge is 2.18. The Kier molecular flexibility index (Phi) is 4.60. The summed E-state index contributed by atoms with van der Waals surface area (Å²) in [5, 5.41) is 11.0. The van der Waals surface area contributed by atoms with Crippen molar-refractivity contribution in [2.45, 2.75) is 20.8 Å². The highest BCUT2D eigenvalue weighted by atomic mass is 32.1. The van der Waals surface area contributed by atoms with Crippen LogP contribution < -0.4 is 14.8 Å². The molecule has 0 bridgehead atoms. The number of rotatable bonds is 3. The van der Waals surface area contributed by atoms with Gasteiger partial charge in [-0.2, -0.15) is 0 Å². The van der Waals surface area contributed by atoms with Crippen LogP contribution >= 0.6 is 11.3 Å². The molecule has 0 saturated carbocycles. The first-order chi connectivity index (χ1) is 10.7. The molecule has 23 heavy (non-hydrogen) atoms. The molecule has 0 aliphatic heterocycles. The first kappa shape index (κ1) is 16.8. The van der Waals surface area contributed by atoms with Crippen molar-refractivity contribution in [3.8, 4) is 0 Å². The van der Waals surface area contributed by atoms with E-state index in [0.29, 0.717) is 14.8 Å². The first-order valence-corrected chi connectivity index (χ1v) is 7.70. The second kappa shape index (κ2) is 6.29. The van der Waals surface area contributed by atoms with Crippen LogP contribution in [0, 0.1) is 15.5 Å². The van der Waals surface area contributed by atoms with Crippen LogP contribution in [-0.4, -0.2) is 15.7 Å². The van der Waals surface area contributed by atoms with Crippen LogP contribution in [-0.2, 0) is 4.79 Å². The number of nitrogens with zero attached hydrogens (tertiary/aromatic N) is 1. The smallest absolute Gasteiger partial charge is 0.276 e. The van der Waals surface area contributed by atoms with Gasteiger partial charge in [-0.15, -0.1) is 11.3 Å². The van der Waals surface area contributed by atoms with E-state index in [1.807, 2.05) is 0 Å². The van der Waals surface area contributed by atoms with E-state index in [1.165, 1.54) is 18.2 Å². The molecule has 0 spiro atoms. The summed E-state index contributed by atoms with van der Waals surface area (Å²) in [5.41, 5.74) is -0.639. The van der Waals surface area contributed by atoms with Crippen LogP contribution in [0.2, 0.25) is 0 Å². The van der Waals surface area contributed by atoms with Gasteiger partial charge in [0.05, 0.1) is 19.7 Å². The van der Waals surface area contributed by atoms with Crippen molar-refractivity contribution in [1.82, 2.24) is 4.98 Å². The van der Waals surface area contributed by atoms with Crippen LogP contribution in [0.25, 0.3) is 12.2 Å². The second-order valence-corrected chi connectivity index (χ2v) is 7.09. The molecule has 0 amide bonds. The van der Waals surface area contributed by atoms with Crippen molar-refractivity contribution in [1.29, 1.82) is 0 Å². The van der Waals surface area contributed by atoms with Crippen LogP contribution in [0.4, 0.5) is 5.69 Å². The molecule has 1 aromatic heterocycles. The van der Waals surface area contributed by atoms with Crippen molar-refractivity contribution in [2.75, 3.05) is 0 Å². The fourth-order valence-corrected chi connectivity index (χ4v) is 2.65. The Hall–Kier alpha value is -2.54. The number of hydrogen-bond acceptors (Lipinski definition) is 5. The number of para-hydroxylation sites is 1. The number of thiazole rings is 1. The summed E-state index contributed by atoms with van der Waals surface area (Å²) in [6.45, 7) is 5.37. The van der Waals surface area contributed by atoms with Gasteiger partial charge in [0.25, 0.3) is 11.2 Å². The summed E-state index contributed by atoms with van der Waals surface area (Å²) >= 11 is 1.10. The fraction of sp³-hybridized carbons (Fsp3) is 0.250. The average Bonchev–Trinajstić information content (AvgIpc) is 2.78. The number of Topliss-reactive ketones (excluding diaryl/α,β-unsaturated/α-hetero) is 1. The number of nitro benzene ring substituents is 1. The number of benzene rings is 1. The highest BCUT2D eigenvalue weighted by molar-refractivity contribution is 7.07. The molecule has 0 saturated heterocycles. The molecule has 0 atom stereocenters. The summed E-state index contributed by atoms with van der Waals surface area (Å²) in [6, 6.07) is 6.18. The molecule has 0 radical (unpaired) electrons. The Balaban J connectivity index is 2.56. The third-order valence-electron chi connectivity index (χ3n) is 3.10. The van der Waals surface area contributed by atoms with E-state index < -0.39 is 10.3 Å². The minimum atomic E-state index is -0.539. The van der Waals surface area contributed by atoms with Gasteiger partial charge in [-0.25, -0.2) is 0 Å². The summed E-state index contributed by atoms with van der Waals surface area (Å²) in [7, 11) is 0. The van der Waals surface area contributed by atoms with E-state index >= 15 is 0 Å². The number of carbonyl (C=O) groups is 1. The van der Waals surface area contributed by atoms with Crippen molar-refractivity contribution in [3.63, 3.8) is 0 Å². The average molecular weight is 332 g/mol. The summed E-state index contributed by atoms with van der Waals surface area (Å²) < 4.78 is 0.743. The van der Waals surface area contributed by atoms with Gasteiger partial charge in [-0.05, 0) is 12.1 Å². The van der Waals surface area contributed by atoms with Gasteiger partial charge in [-0.3, -0.25) is 19.7 Å². The molecular weight excluding hydrogens is 316 g/mol. The maximum atomic E-state index is 12.0. The third kappa shape index (κ3) is 4.01. The fourth-order valence-electron chi connectivity index (χ4n) is 1.78. The maximum Gasteiger partial charge on any atom is 0.276 e. The molecule has 0 fully saturated rings. The van der Waals surface area contributed by atoms with E-state index in [4.69, 9.17) is 0 Å². The number of hydrogen-bond donors (Lipinski definition) is 1. The standard InChI is InChI=1S/C16H16N2O4S/c1-16(2,3)13(19)9-14-17-15(20)12(23-14)8-10-6-4-5-7-11(10)18(21)22/h4-9H,1-3H3,(H,17,20)/b12-8-,14-9+. The predicted octanol–water partition coefficient (Wildman–Crippen LogP) is 1.57. The Morgan fingerprint density at radius 2 is 1.96 bits per heavy atom. The van der Waals surface area contributed by atoms with Crippen LogP contribution in [0.1, 0.15) is 26.3 Å². The zero-order chi connectivity index (χ0) is 17.2. The van der Waals surface area contributed by atoms with E-state index in [9.17, 15) is 19.7 Å². The summed E-state index contributed by atoms with van der Waals surface area (Å²) in [4.78, 5) is 37.1. The SMILES string of the molecule is CC(C)(C)C(=O)/C=c1\[nH]c(=O)/c(=C/c2ccccc2[N+](=O)[O-])s1. The maximum absolute atomic E-state index is 12.0. The third-order valence-corrected chi connectivity index (χ3v) is 4.06. The molecule has 6 nitrogen and oxygen atoms in total. The molecular formula is C16H16N2O4S. The Bertz CT molecular complexity index is 932. The summed E-state index contributed by atoms with van der Waals surface area (Å²) in [5.74, 6) is -0.104. The lowest BCUT2D eigenvalue weighted by atomic mass is 9.91. The lowest BCUT2D eigenvalue weighted by Crippen LogP contribution is -2.22. The van der Waals surface area contributed by atoms with Crippen molar-refractivity contribution >= 4 is 35.0 Å². The molecule has 2 rings (SSSR count). The molecule has 0 aliphatic carbocycles. The van der Waals surface area contributed by atoms with Gasteiger partial charge in [-0.1, -0.05) is 32.9 Å². The summed E-state index contributed by atoms with van der Waals surface area (Å²) in [6.07, 6.45) is 2.85. The number of ketones is 1. The Morgan fingerprint density at radius 1 is 1.30 bits per heavy atom. The zero-order valence-corrected chi connectivity index (χ0v) is 13.8. The van der Waals surface area contributed by atoms with Gasteiger partial charge < -0.3 is 4.98 Å². The first-order valence-electron chi connectivity index (χ1n) is 6.89. The number of nitro groups is 1. The Morgan fingerprint density at radius 3 is 2.57 bits per heavy atom. The Labute approximate surface area is 135 Å². The number of aromatic nitrogens is 1. The van der Waals surface area contributed by atoms with Gasteiger partial charge >= 0.3 is 0 Å². The normalized spacial score (nSPS) is 13.3. The number of H-pyrrole nitrogens is 1. The van der Waals surface area contributed by atoms with Gasteiger partial charge in [0.2, 0.25) is 0 Å². The van der Waals surface area contributed by atoms with Gasteiger partial charge in [0.1, 0.15) is 0 Å². The van der Waals surface area contributed by atoms with Crippen molar-refractivity contribution < 1.29 is 9.72 Å². The van der Waals surface area contributed by atoms with E-state index in [1.54, 1.807) is 39.0 Å². The lowest BCUT2D eigenvalue weighted by Gasteiger charge is -2.12. The highest BCUT2D eigenvalue weighted by Crippen LogP contribution is 2.18. The molecule has 1 aromatic carbocycles. The zero-order valence-electron chi connectivity index (χ0n) is 13.0. The van der Waals surface area contributed by atoms with Crippen LogP contribution in [0.15, 0.2) is 29.1 Å². The quantitative estimate of drug-likeness (QED) is 0.682. The van der Waals surface area contributed by atoms with E-state index in [0.717, 1.165) is 11.3 Å². The minimum Gasteiger partial charge on any atom is -0.313 e. The van der Waals surface area contributed by atoms with Crippen molar-refractivity contribution in [2.24, 2.45) is 5.41 Å². The second-order valence-electron chi connectivity index (χ2n) is 6.00. The van der Waals surface area contributed by atoms with Crippen molar-refractivity contribution in [3.05, 3.63) is 59.5 Å². The van der Waals surface area contributed by atoms with E-state index in [2.05, 4.69) is 4.98 Å². The molecule has 0 aliphatic rings. The van der Waals surface area contributed by atoms with Crippen LogP contribution in [0.5, 0.6) is 0 Å². The number of nitrogens with one attached hydrogen (secondary N) is 1. The molecule has 120 valence electrons. The van der Waals surface area contributed by atoms with E-state index in [-0.39, 0.29) is 17.0 Å². The van der Waals surface area contributed by atoms with Crippen LogP contribution in [0.3, 0.4) is 0 Å². The molecule has 0 unspecified atom stereocenters. The number of aromatic amines is 1. The molecule has 1 heterocycles. The van der Waals surface area contributed by atoms with Gasteiger partial charge in [0, 0.05) is 17.6 Å². The largest absolute Gasteiger partial charge is 0.313 e. The minimum absolute atomic E-state index is 0.0726. The van der Waals surface area contributed by atoms with Gasteiger partial charge in [0.15, 0.2) is 5.78 Å². The monoisotopic (exact) mass is 332 g/mol. The molecule has 2 aromatic rings. The molecule has 7 heteroatoms.